The van der Waals surface area contributed by atoms with Crippen LogP contribution in [0.2, 0.25) is 0 Å². The Balaban J connectivity index is 1.53. The van der Waals surface area contributed by atoms with Crippen molar-refractivity contribution < 1.29 is 27.1 Å². The predicted octanol–water partition coefficient (Wildman–Crippen LogP) is 12.3. The monoisotopic (exact) mass is 781 g/mol. The second-order valence-electron chi connectivity index (χ2n) is 13.6. The van der Waals surface area contributed by atoms with Gasteiger partial charge in [0.05, 0.1) is 0 Å². The van der Waals surface area contributed by atoms with E-state index in [4.69, 9.17) is 31.7 Å². The van der Waals surface area contributed by atoms with Crippen LogP contribution >= 0.6 is 23.7 Å². The average molecular weight is 782 g/mol. The summed E-state index contributed by atoms with van der Waals surface area (Å²) < 4.78 is 47.9. The minimum atomic E-state index is -4.23. The van der Waals surface area contributed by atoms with Crippen LogP contribution in [0.1, 0.15) is 33.4 Å². The van der Waals surface area contributed by atoms with Crippen molar-refractivity contribution in [3.63, 3.8) is 0 Å². The minimum absolute atomic E-state index is 0.524. The summed E-state index contributed by atoms with van der Waals surface area (Å²) in [6.45, 7) is 12.2. The summed E-state index contributed by atoms with van der Waals surface area (Å²) in [7, 11) is -12.1. The molecule has 54 heavy (non-hydrogen) atoms. The van der Waals surface area contributed by atoms with E-state index in [0.717, 1.165) is 33.4 Å². The van der Waals surface area contributed by atoms with Gasteiger partial charge in [0.25, 0.3) is 0 Å². The molecule has 1 aliphatic rings. The summed E-state index contributed by atoms with van der Waals surface area (Å²) in [5, 5.41) is 0. The fraction of sp³-hybridized carbons (Fsp3) is 0.143. The molecule has 1 heterocycles. The molecule has 1 aliphatic heterocycles. The first-order chi connectivity index (χ1) is 26.0. The third-order valence-electron chi connectivity index (χ3n) is 8.18. The summed E-state index contributed by atoms with van der Waals surface area (Å²) >= 11 is 0. The Hall–Kier alpha value is -4.87. The van der Waals surface area contributed by atoms with Crippen LogP contribution in [-0.4, -0.2) is 0 Å². The molecule has 0 fully saturated rings. The molecule has 0 amide bonds. The first-order valence-corrected chi connectivity index (χ1v) is 22.9. The number of hydrogen-bond donors (Lipinski definition) is 2. The molecule has 12 heteroatoms. The van der Waals surface area contributed by atoms with Gasteiger partial charge >= 0.3 is 320 Å². The maximum absolute atomic E-state index is 7.14. The van der Waals surface area contributed by atoms with E-state index < -0.39 is 23.7 Å². The zero-order valence-corrected chi connectivity index (χ0v) is 34.1. The van der Waals surface area contributed by atoms with Gasteiger partial charge in [-0.2, -0.15) is 0 Å². The summed E-state index contributed by atoms with van der Waals surface area (Å²) in [5.74, 6) is 3.30. The molecule has 6 aromatic carbocycles. The van der Waals surface area contributed by atoms with Gasteiger partial charge in [0, 0.05) is 0 Å². The number of benzene rings is 6. The molecule has 1 atom stereocenters. The number of aryl methyl sites for hydroxylation is 6. The van der Waals surface area contributed by atoms with Crippen molar-refractivity contribution in [1.29, 1.82) is 0 Å². The van der Waals surface area contributed by atoms with E-state index in [0.29, 0.717) is 34.5 Å². The second kappa shape index (κ2) is 15.8. The molecule has 1 unspecified atom stereocenters. The molecule has 0 spiro atoms. The Morgan fingerprint density at radius 2 is 0.759 bits per heavy atom. The number of para-hydroxylation sites is 3. The predicted molar refractivity (Wildman–Crippen MR) is 223 cm³/mol. The van der Waals surface area contributed by atoms with Crippen molar-refractivity contribution in [3.05, 3.63) is 179 Å². The molecule has 6 aromatic rings. The molecule has 0 bridgehead atoms. The van der Waals surface area contributed by atoms with Crippen molar-refractivity contribution in [2.24, 2.45) is 4.52 Å². The molecular formula is C42H46N3O6P3. The standard InChI is InChI=1S/C42H46N3O6P3/c1-31-22-32(2)26-40(25-31)49-52(46-37-16-10-7-11-17-37)43-53(47-38-18-12-8-13-19-38,50-41-27-33(3)23-34(4)28-41)45-54(44-52,48-39-20-14-9-15-21-39)51-42-29-35(5)24-36(6)30-42/h7-30,43-44,52-53H,1-6H3. The second-order valence-corrected chi connectivity index (χ2v) is 20.9. The van der Waals surface area contributed by atoms with E-state index in [2.05, 4.69) is 27.9 Å². The zero-order chi connectivity index (χ0) is 37.8. The Morgan fingerprint density at radius 1 is 0.407 bits per heavy atom. The van der Waals surface area contributed by atoms with E-state index >= 15 is 0 Å². The van der Waals surface area contributed by atoms with Gasteiger partial charge in [0.2, 0.25) is 0 Å². The van der Waals surface area contributed by atoms with Crippen molar-refractivity contribution in [3.8, 4) is 34.5 Å². The molecule has 0 radical (unpaired) electrons. The summed E-state index contributed by atoms with van der Waals surface area (Å²) in [6, 6.07) is 46.5. The van der Waals surface area contributed by atoms with Gasteiger partial charge < -0.3 is 0 Å². The van der Waals surface area contributed by atoms with E-state index in [-0.39, 0.29) is 0 Å². The zero-order valence-electron chi connectivity index (χ0n) is 31.2. The van der Waals surface area contributed by atoms with Crippen LogP contribution < -0.4 is 36.9 Å². The molecule has 9 nitrogen and oxygen atoms in total. The van der Waals surface area contributed by atoms with Crippen LogP contribution in [0.15, 0.2) is 150 Å². The third kappa shape index (κ3) is 9.43. The molecule has 2 N–H and O–H groups in total. The van der Waals surface area contributed by atoms with Crippen molar-refractivity contribution >= 4 is 23.7 Å². The van der Waals surface area contributed by atoms with Crippen LogP contribution in [0.3, 0.4) is 0 Å². The number of rotatable bonds is 12. The molecule has 280 valence electrons. The van der Waals surface area contributed by atoms with E-state index in [1.165, 1.54) is 0 Å². The van der Waals surface area contributed by atoms with Gasteiger partial charge in [-0.15, -0.1) is 0 Å². The first-order valence-electron chi connectivity index (χ1n) is 17.7. The maximum atomic E-state index is 7.14. The fourth-order valence-electron chi connectivity index (χ4n) is 6.35. The summed E-state index contributed by atoms with van der Waals surface area (Å²) in [6.07, 6.45) is 0. The molecular weight excluding hydrogens is 735 g/mol. The number of nitrogens with zero attached hydrogens (tertiary/aromatic N) is 1. The topological polar surface area (TPSA) is 91.8 Å². The normalized spacial score (nSPS) is 18.3. The van der Waals surface area contributed by atoms with Crippen molar-refractivity contribution in [2.75, 3.05) is 0 Å². The summed E-state index contributed by atoms with van der Waals surface area (Å²) in [5.41, 5.74) is 6.13. The van der Waals surface area contributed by atoms with Crippen LogP contribution in [0, 0.1) is 41.5 Å². The van der Waals surface area contributed by atoms with Gasteiger partial charge in [-0.25, -0.2) is 0 Å². The van der Waals surface area contributed by atoms with Crippen molar-refractivity contribution in [2.45, 2.75) is 41.5 Å². The molecule has 0 saturated carbocycles. The van der Waals surface area contributed by atoms with Crippen LogP contribution in [-0.2, 0) is 0 Å². The SMILES string of the molecule is Cc1cc(C)cc(OP2(Oc3ccccc3)=N[PH](Oc3ccccc3)(Oc3cc(C)cc(C)c3)N[PH](Oc3ccccc3)(Oc3cc(C)cc(C)c3)N2)c1. The molecule has 0 saturated heterocycles. The van der Waals surface area contributed by atoms with E-state index in [1.54, 1.807) is 0 Å². The van der Waals surface area contributed by atoms with Crippen LogP contribution in [0.4, 0.5) is 0 Å². The van der Waals surface area contributed by atoms with Crippen LogP contribution in [0.25, 0.3) is 0 Å². The Bertz CT molecular complexity index is 2240. The molecule has 0 aliphatic carbocycles. The number of hydrogen-bond acceptors (Lipinski definition) is 9. The Labute approximate surface area is 319 Å². The quantitative estimate of drug-likeness (QED) is 0.119. The Kier molecular flexibility index (Phi) is 11.0. The van der Waals surface area contributed by atoms with Gasteiger partial charge in [-0.3, -0.25) is 0 Å². The van der Waals surface area contributed by atoms with Gasteiger partial charge in [-0.1, -0.05) is 0 Å². The fourth-order valence-corrected chi connectivity index (χ4v) is 17.8. The average Bonchev–Trinajstić information content (AvgIpc) is 3.07. The first kappa shape index (κ1) is 37.4. The molecule has 0 aromatic heterocycles. The summed E-state index contributed by atoms with van der Waals surface area (Å²) in [4.78, 5) is 7.34. The van der Waals surface area contributed by atoms with Gasteiger partial charge in [0.15, 0.2) is 0 Å². The van der Waals surface area contributed by atoms with E-state index in [1.807, 2.05) is 169 Å². The van der Waals surface area contributed by atoms with Gasteiger partial charge in [0.1, 0.15) is 0 Å². The van der Waals surface area contributed by atoms with Crippen LogP contribution in [0.5, 0.6) is 34.5 Å². The third-order valence-corrected chi connectivity index (χ3v) is 18.2. The number of nitrogens with one attached hydrogen (secondary N) is 2. The molecule has 7 rings (SSSR count). The Morgan fingerprint density at radius 3 is 1.24 bits per heavy atom. The van der Waals surface area contributed by atoms with Gasteiger partial charge in [-0.05, 0) is 0 Å². The van der Waals surface area contributed by atoms with E-state index in [9.17, 15) is 0 Å². The van der Waals surface area contributed by atoms with Crippen molar-refractivity contribution in [1.82, 2.24) is 9.72 Å².